The predicted molar refractivity (Wildman–Crippen MR) is 138 cm³/mol. The lowest BCUT2D eigenvalue weighted by Crippen LogP contribution is -2.29. The first-order valence-corrected chi connectivity index (χ1v) is 11.9. The van der Waals surface area contributed by atoms with Gasteiger partial charge in [-0.3, -0.25) is 14.5 Å². The van der Waals surface area contributed by atoms with Gasteiger partial charge in [0.2, 0.25) is 0 Å². The lowest BCUT2D eigenvalue weighted by Gasteiger charge is -2.26. The summed E-state index contributed by atoms with van der Waals surface area (Å²) in [5, 5.41) is 11.6. The fourth-order valence-corrected chi connectivity index (χ4v) is 4.36. The zero-order valence-electron chi connectivity index (χ0n) is 20.2. The number of benzene rings is 3. The van der Waals surface area contributed by atoms with Gasteiger partial charge in [-0.05, 0) is 74.0 Å². The highest BCUT2D eigenvalue weighted by molar-refractivity contribution is 6.52. The average molecular weight is 508 g/mol. The molecule has 1 saturated heterocycles. The van der Waals surface area contributed by atoms with E-state index in [1.165, 1.54) is 18.1 Å². The van der Waals surface area contributed by atoms with Crippen LogP contribution in [0.3, 0.4) is 0 Å². The minimum absolute atomic E-state index is 0.0757. The van der Waals surface area contributed by atoms with E-state index in [1.54, 1.807) is 60.7 Å². The van der Waals surface area contributed by atoms with E-state index in [2.05, 4.69) is 0 Å². The number of Topliss-reactive ketones (excluding diaryl/α,β-unsaturated/α-hetero) is 1. The van der Waals surface area contributed by atoms with Gasteiger partial charge in [-0.1, -0.05) is 23.7 Å². The standard InChI is InChI=1S/C28H26ClNO6/c1-4-35-19-10-6-17(7-11-19)25-24(26(31)22-16-21(34-3)14-15-23(22)29)27(32)28(33)30(25)18-8-12-20(13-9-18)36-5-2/h6-16,25,31H,4-5H2,1-3H3/b26-24+. The third kappa shape index (κ3) is 4.75. The molecule has 1 unspecified atom stereocenters. The van der Waals surface area contributed by atoms with Crippen LogP contribution in [0, 0.1) is 0 Å². The number of ketones is 1. The molecule has 1 amide bonds. The van der Waals surface area contributed by atoms with Crippen LogP contribution in [0.25, 0.3) is 5.76 Å². The van der Waals surface area contributed by atoms with Crippen molar-refractivity contribution in [3.8, 4) is 17.2 Å². The van der Waals surface area contributed by atoms with Gasteiger partial charge in [0, 0.05) is 11.3 Å². The number of aliphatic hydroxyl groups is 1. The molecule has 0 aliphatic carbocycles. The Bertz CT molecular complexity index is 1300. The summed E-state index contributed by atoms with van der Waals surface area (Å²) in [7, 11) is 1.48. The Morgan fingerprint density at radius 3 is 2.00 bits per heavy atom. The molecule has 186 valence electrons. The fourth-order valence-electron chi connectivity index (χ4n) is 4.15. The van der Waals surface area contributed by atoms with Crippen LogP contribution in [0.4, 0.5) is 5.69 Å². The van der Waals surface area contributed by atoms with Crippen LogP contribution in [0.15, 0.2) is 72.3 Å². The van der Waals surface area contributed by atoms with Crippen molar-refractivity contribution in [3.05, 3.63) is 88.5 Å². The summed E-state index contributed by atoms with van der Waals surface area (Å²) in [5.74, 6) is -0.240. The van der Waals surface area contributed by atoms with Crippen LogP contribution >= 0.6 is 11.6 Å². The molecule has 4 rings (SSSR count). The van der Waals surface area contributed by atoms with Crippen LogP contribution < -0.4 is 19.1 Å². The Morgan fingerprint density at radius 2 is 1.44 bits per heavy atom. The van der Waals surface area contributed by atoms with Crippen molar-refractivity contribution in [2.75, 3.05) is 25.2 Å². The van der Waals surface area contributed by atoms with E-state index < -0.39 is 17.7 Å². The Kier molecular flexibility index (Phi) is 7.50. The fraction of sp³-hybridized carbons (Fsp3) is 0.214. The number of methoxy groups -OCH3 is 1. The third-order valence-corrected chi connectivity index (χ3v) is 6.14. The molecule has 0 saturated carbocycles. The number of aliphatic hydroxyl groups excluding tert-OH is 1. The van der Waals surface area contributed by atoms with E-state index in [4.69, 9.17) is 25.8 Å². The normalized spacial score (nSPS) is 16.8. The second-order valence-corrected chi connectivity index (χ2v) is 8.35. The van der Waals surface area contributed by atoms with Gasteiger partial charge in [0.1, 0.15) is 23.0 Å². The molecule has 36 heavy (non-hydrogen) atoms. The van der Waals surface area contributed by atoms with E-state index in [-0.39, 0.29) is 21.9 Å². The summed E-state index contributed by atoms with van der Waals surface area (Å²) in [6.45, 7) is 4.75. The monoisotopic (exact) mass is 507 g/mol. The first-order valence-electron chi connectivity index (χ1n) is 11.5. The van der Waals surface area contributed by atoms with Crippen LogP contribution in [-0.2, 0) is 9.59 Å². The topological polar surface area (TPSA) is 85.3 Å². The first kappa shape index (κ1) is 25.1. The number of rotatable bonds is 8. The molecule has 3 aromatic carbocycles. The van der Waals surface area contributed by atoms with Gasteiger partial charge in [-0.15, -0.1) is 0 Å². The highest BCUT2D eigenvalue weighted by Gasteiger charge is 2.47. The van der Waals surface area contributed by atoms with Crippen molar-refractivity contribution < 1.29 is 28.9 Å². The summed E-state index contributed by atoms with van der Waals surface area (Å²) >= 11 is 6.37. The summed E-state index contributed by atoms with van der Waals surface area (Å²) < 4.78 is 16.3. The second-order valence-electron chi connectivity index (χ2n) is 7.94. The Morgan fingerprint density at radius 1 is 0.889 bits per heavy atom. The second kappa shape index (κ2) is 10.7. The van der Waals surface area contributed by atoms with Crippen molar-refractivity contribution in [3.63, 3.8) is 0 Å². The number of amides is 1. The van der Waals surface area contributed by atoms with Crippen molar-refractivity contribution in [2.24, 2.45) is 0 Å². The Labute approximate surface area is 214 Å². The largest absolute Gasteiger partial charge is 0.507 e. The number of carbonyl (C=O) groups excluding carboxylic acids is 2. The van der Waals surface area contributed by atoms with E-state index in [0.717, 1.165) is 0 Å². The molecule has 1 aliphatic rings. The first-order chi connectivity index (χ1) is 17.4. The zero-order valence-corrected chi connectivity index (χ0v) is 20.9. The molecule has 1 N–H and O–H groups in total. The molecule has 0 bridgehead atoms. The highest BCUT2D eigenvalue weighted by Crippen LogP contribution is 2.44. The SMILES string of the molecule is CCOc1ccc(C2/C(=C(\O)c3cc(OC)ccc3Cl)C(=O)C(=O)N2c2ccc(OCC)cc2)cc1. The van der Waals surface area contributed by atoms with Gasteiger partial charge in [0.15, 0.2) is 0 Å². The molecule has 1 heterocycles. The molecule has 1 fully saturated rings. The van der Waals surface area contributed by atoms with Gasteiger partial charge in [-0.2, -0.15) is 0 Å². The lowest BCUT2D eigenvalue weighted by atomic mass is 9.95. The van der Waals surface area contributed by atoms with Crippen LogP contribution in [0.1, 0.15) is 31.0 Å². The zero-order chi connectivity index (χ0) is 25.8. The summed E-state index contributed by atoms with van der Waals surface area (Å²) in [6.07, 6.45) is 0. The molecule has 1 atom stereocenters. The van der Waals surface area contributed by atoms with E-state index >= 15 is 0 Å². The minimum atomic E-state index is -0.902. The lowest BCUT2D eigenvalue weighted by molar-refractivity contribution is -0.132. The number of carbonyl (C=O) groups is 2. The van der Waals surface area contributed by atoms with Crippen LogP contribution in [0.2, 0.25) is 5.02 Å². The smallest absolute Gasteiger partial charge is 0.300 e. The van der Waals surface area contributed by atoms with Crippen LogP contribution in [0.5, 0.6) is 17.2 Å². The van der Waals surface area contributed by atoms with Crippen molar-refractivity contribution in [1.29, 1.82) is 0 Å². The number of anilines is 1. The Balaban J connectivity index is 1.90. The van der Waals surface area contributed by atoms with Crippen molar-refractivity contribution in [1.82, 2.24) is 0 Å². The molecule has 0 spiro atoms. The van der Waals surface area contributed by atoms with Gasteiger partial charge >= 0.3 is 0 Å². The summed E-state index contributed by atoms with van der Waals surface area (Å²) in [6, 6.07) is 17.7. The van der Waals surface area contributed by atoms with Crippen molar-refractivity contribution >= 4 is 34.7 Å². The number of halogens is 1. The number of nitrogens with zero attached hydrogens (tertiary/aromatic N) is 1. The van der Waals surface area contributed by atoms with Gasteiger partial charge in [0.25, 0.3) is 11.7 Å². The quantitative estimate of drug-likeness (QED) is 0.236. The van der Waals surface area contributed by atoms with E-state index in [9.17, 15) is 14.7 Å². The van der Waals surface area contributed by atoms with Gasteiger partial charge < -0.3 is 19.3 Å². The predicted octanol–water partition coefficient (Wildman–Crippen LogP) is 5.77. The Hall–Kier alpha value is -3.97. The van der Waals surface area contributed by atoms with Crippen molar-refractivity contribution in [2.45, 2.75) is 19.9 Å². The van der Waals surface area contributed by atoms with E-state index in [0.29, 0.717) is 41.7 Å². The molecule has 0 radical (unpaired) electrons. The minimum Gasteiger partial charge on any atom is -0.507 e. The average Bonchev–Trinajstić information content (AvgIpc) is 3.15. The van der Waals surface area contributed by atoms with Gasteiger partial charge in [0.05, 0.1) is 37.0 Å². The molecule has 8 heteroatoms. The maximum atomic E-state index is 13.4. The molecule has 0 aromatic heterocycles. The molecule has 3 aromatic rings. The highest BCUT2D eigenvalue weighted by atomic mass is 35.5. The molecular formula is C28H26ClNO6. The third-order valence-electron chi connectivity index (χ3n) is 5.81. The molecule has 7 nitrogen and oxygen atoms in total. The number of hydrogen-bond acceptors (Lipinski definition) is 6. The van der Waals surface area contributed by atoms with Crippen LogP contribution in [-0.4, -0.2) is 37.1 Å². The summed E-state index contributed by atoms with van der Waals surface area (Å²) in [5.41, 5.74) is 1.21. The maximum absolute atomic E-state index is 13.4. The summed E-state index contributed by atoms with van der Waals surface area (Å²) in [4.78, 5) is 28.1. The molecular weight excluding hydrogens is 482 g/mol. The number of ether oxygens (including phenoxy) is 3. The van der Waals surface area contributed by atoms with Gasteiger partial charge in [-0.25, -0.2) is 0 Å². The van der Waals surface area contributed by atoms with E-state index in [1.807, 2.05) is 13.8 Å². The molecule has 1 aliphatic heterocycles. The maximum Gasteiger partial charge on any atom is 0.300 e. The number of hydrogen-bond donors (Lipinski definition) is 1.